The minimum Gasteiger partial charge on any atom is -0.349 e. The summed E-state index contributed by atoms with van der Waals surface area (Å²) in [6.07, 6.45) is 1.17. The fraction of sp³-hybridized carbons (Fsp3) is 0.429. The number of aryl methyl sites for hydroxylation is 1. The summed E-state index contributed by atoms with van der Waals surface area (Å²) in [5.74, 6) is -0.288. The van der Waals surface area contributed by atoms with E-state index < -0.39 is 16.1 Å². The molecular weight excluding hydrogens is 390 g/mol. The molecule has 1 aliphatic rings. The number of halogens is 1. The summed E-state index contributed by atoms with van der Waals surface area (Å²) in [6.45, 7) is 2.54. The molecule has 1 saturated heterocycles. The summed E-state index contributed by atoms with van der Waals surface area (Å²) < 4.78 is 27.3. The highest BCUT2D eigenvalue weighted by molar-refractivity contribution is 7.91. The average Bonchev–Trinajstić information content (AvgIpc) is 3.25. The molecular formula is C14H16ClN3O3S3. The number of nitrogens with one attached hydrogen (secondary N) is 1. The largest absolute Gasteiger partial charge is 0.349 e. The first-order valence-corrected chi connectivity index (χ1v) is 10.9. The van der Waals surface area contributed by atoms with E-state index >= 15 is 0 Å². The van der Waals surface area contributed by atoms with Gasteiger partial charge in [-0.2, -0.15) is 4.31 Å². The van der Waals surface area contributed by atoms with Crippen LogP contribution in [0, 0.1) is 6.92 Å². The minimum atomic E-state index is -3.70. The number of rotatable bonds is 5. The second kappa shape index (κ2) is 7.09. The Morgan fingerprint density at radius 1 is 1.50 bits per heavy atom. The number of thiophene rings is 1. The van der Waals surface area contributed by atoms with E-state index in [1.807, 2.05) is 12.3 Å². The second-order valence-electron chi connectivity index (χ2n) is 5.41. The topological polar surface area (TPSA) is 79.4 Å². The number of thiazole rings is 1. The lowest BCUT2D eigenvalue weighted by Gasteiger charge is -2.22. The standard InChI is InChI=1S/C14H16ClN3O3S3/c1-9-17-10(8-22-9)7-16-14(19)11-3-2-6-18(11)24(20,21)13-5-4-12(15)23-13/h4-5,8,11H,2-3,6-7H2,1H3,(H,16,19)/t11-/m1/s1. The number of nitrogens with zero attached hydrogens (tertiary/aromatic N) is 2. The van der Waals surface area contributed by atoms with Crippen LogP contribution in [-0.2, 0) is 21.4 Å². The summed E-state index contributed by atoms with van der Waals surface area (Å²) in [4.78, 5) is 16.7. The molecule has 3 heterocycles. The first-order chi connectivity index (χ1) is 11.4. The Labute approximate surface area is 153 Å². The third-order valence-electron chi connectivity index (χ3n) is 3.73. The van der Waals surface area contributed by atoms with E-state index in [0.717, 1.165) is 22.0 Å². The van der Waals surface area contributed by atoms with Crippen molar-refractivity contribution in [2.24, 2.45) is 0 Å². The Kier molecular flexibility index (Phi) is 5.26. The molecule has 1 fully saturated rings. The van der Waals surface area contributed by atoms with E-state index in [1.165, 1.54) is 21.7 Å². The number of carbonyl (C=O) groups is 1. The number of amides is 1. The lowest BCUT2D eigenvalue weighted by Crippen LogP contribution is -2.45. The Hall–Kier alpha value is -1.000. The maximum Gasteiger partial charge on any atom is 0.253 e. The Bertz CT molecular complexity index is 846. The quantitative estimate of drug-likeness (QED) is 0.829. The van der Waals surface area contributed by atoms with Gasteiger partial charge in [0.15, 0.2) is 0 Å². The van der Waals surface area contributed by atoms with Crippen LogP contribution in [0.3, 0.4) is 0 Å². The molecule has 0 spiro atoms. The van der Waals surface area contributed by atoms with Crippen molar-refractivity contribution in [2.45, 2.75) is 36.6 Å². The van der Waals surface area contributed by atoms with E-state index in [0.29, 0.717) is 30.3 Å². The molecule has 0 unspecified atom stereocenters. The van der Waals surface area contributed by atoms with Crippen molar-refractivity contribution in [3.63, 3.8) is 0 Å². The molecule has 24 heavy (non-hydrogen) atoms. The molecule has 0 aromatic carbocycles. The highest BCUT2D eigenvalue weighted by Crippen LogP contribution is 2.32. The summed E-state index contributed by atoms with van der Waals surface area (Å²) >= 11 is 8.36. The molecule has 3 rings (SSSR count). The minimum absolute atomic E-state index is 0.169. The normalized spacial score (nSPS) is 18.8. The van der Waals surface area contributed by atoms with Gasteiger partial charge in [-0.3, -0.25) is 4.79 Å². The zero-order chi connectivity index (χ0) is 17.3. The van der Waals surface area contributed by atoms with Crippen molar-refractivity contribution >= 4 is 50.2 Å². The SMILES string of the molecule is Cc1nc(CNC(=O)[C@H]2CCCN2S(=O)(=O)c2ccc(Cl)s2)cs1. The Morgan fingerprint density at radius 3 is 2.92 bits per heavy atom. The van der Waals surface area contributed by atoms with Crippen LogP contribution in [0.2, 0.25) is 4.34 Å². The molecule has 6 nitrogen and oxygen atoms in total. The van der Waals surface area contributed by atoms with Gasteiger partial charge in [-0.05, 0) is 31.9 Å². The van der Waals surface area contributed by atoms with Crippen molar-refractivity contribution in [1.29, 1.82) is 0 Å². The van der Waals surface area contributed by atoms with Gasteiger partial charge in [-0.1, -0.05) is 11.6 Å². The van der Waals surface area contributed by atoms with E-state index in [2.05, 4.69) is 10.3 Å². The first kappa shape index (κ1) is 17.8. The number of carbonyl (C=O) groups excluding carboxylic acids is 1. The molecule has 2 aromatic rings. The Balaban J connectivity index is 1.71. The summed E-state index contributed by atoms with van der Waals surface area (Å²) in [6, 6.07) is 2.35. The van der Waals surface area contributed by atoms with Gasteiger partial charge in [-0.25, -0.2) is 13.4 Å². The molecule has 0 aliphatic carbocycles. The molecule has 0 radical (unpaired) electrons. The van der Waals surface area contributed by atoms with Crippen LogP contribution in [0.15, 0.2) is 21.7 Å². The number of aromatic nitrogens is 1. The van der Waals surface area contributed by atoms with Crippen LogP contribution in [0.4, 0.5) is 0 Å². The van der Waals surface area contributed by atoms with Crippen LogP contribution in [0.1, 0.15) is 23.5 Å². The van der Waals surface area contributed by atoms with Crippen molar-refractivity contribution in [2.75, 3.05) is 6.54 Å². The van der Waals surface area contributed by atoms with Crippen molar-refractivity contribution in [1.82, 2.24) is 14.6 Å². The lowest BCUT2D eigenvalue weighted by atomic mass is 10.2. The van der Waals surface area contributed by atoms with Gasteiger partial charge in [0.25, 0.3) is 10.0 Å². The molecule has 10 heteroatoms. The third kappa shape index (κ3) is 3.65. The average molecular weight is 406 g/mol. The maximum atomic E-state index is 12.7. The van der Waals surface area contributed by atoms with Crippen molar-refractivity contribution in [3.8, 4) is 0 Å². The van der Waals surface area contributed by atoms with Crippen LogP contribution in [-0.4, -0.2) is 36.2 Å². The van der Waals surface area contributed by atoms with Gasteiger partial charge in [0.2, 0.25) is 5.91 Å². The summed E-state index contributed by atoms with van der Waals surface area (Å²) in [5.41, 5.74) is 0.781. The van der Waals surface area contributed by atoms with Crippen LogP contribution < -0.4 is 5.32 Å². The number of sulfonamides is 1. The molecule has 1 atom stereocenters. The highest BCUT2D eigenvalue weighted by Gasteiger charge is 2.40. The fourth-order valence-corrected chi connectivity index (χ4v) is 6.51. The van der Waals surface area contributed by atoms with Gasteiger partial charge >= 0.3 is 0 Å². The van der Waals surface area contributed by atoms with Crippen molar-refractivity contribution < 1.29 is 13.2 Å². The monoisotopic (exact) mass is 405 g/mol. The third-order valence-corrected chi connectivity index (χ3v) is 8.16. The summed E-state index contributed by atoms with van der Waals surface area (Å²) in [5, 5.41) is 5.60. The molecule has 0 saturated carbocycles. The zero-order valence-corrected chi connectivity index (χ0v) is 16.1. The van der Waals surface area contributed by atoms with Gasteiger partial charge < -0.3 is 5.32 Å². The van der Waals surface area contributed by atoms with Gasteiger partial charge in [-0.15, -0.1) is 22.7 Å². The Morgan fingerprint density at radius 2 is 2.29 bits per heavy atom. The van der Waals surface area contributed by atoms with Gasteiger partial charge in [0.1, 0.15) is 10.3 Å². The van der Waals surface area contributed by atoms with Crippen LogP contribution >= 0.6 is 34.3 Å². The van der Waals surface area contributed by atoms with Crippen LogP contribution in [0.5, 0.6) is 0 Å². The van der Waals surface area contributed by atoms with E-state index in [9.17, 15) is 13.2 Å². The molecule has 2 aromatic heterocycles. The lowest BCUT2D eigenvalue weighted by molar-refractivity contribution is -0.124. The zero-order valence-electron chi connectivity index (χ0n) is 12.9. The fourth-order valence-electron chi connectivity index (χ4n) is 2.63. The molecule has 130 valence electrons. The van der Waals surface area contributed by atoms with Gasteiger partial charge in [0.05, 0.1) is 21.6 Å². The van der Waals surface area contributed by atoms with Crippen LogP contribution in [0.25, 0.3) is 0 Å². The van der Waals surface area contributed by atoms with E-state index in [-0.39, 0.29) is 10.1 Å². The molecule has 1 aliphatic heterocycles. The summed E-state index contributed by atoms with van der Waals surface area (Å²) in [7, 11) is -3.70. The predicted molar refractivity (Wildman–Crippen MR) is 94.9 cm³/mol. The number of hydrogen-bond donors (Lipinski definition) is 1. The number of hydrogen-bond acceptors (Lipinski definition) is 6. The van der Waals surface area contributed by atoms with Crippen molar-refractivity contribution in [3.05, 3.63) is 32.6 Å². The molecule has 1 N–H and O–H groups in total. The first-order valence-electron chi connectivity index (χ1n) is 7.34. The van der Waals surface area contributed by atoms with Gasteiger partial charge in [0, 0.05) is 11.9 Å². The van der Waals surface area contributed by atoms with E-state index in [4.69, 9.17) is 11.6 Å². The highest BCUT2D eigenvalue weighted by atomic mass is 35.5. The smallest absolute Gasteiger partial charge is 0.253 e. The molecule has 0 bridgehead atoms. The van der Waals surface area contributed by atoms with E-state index in [1.54, 1.807) is 6.07 Å². The second-order valence-corrected chi connectivity index (χ2v) is 10.3. The molecule has 1 amide bonds. The predicted octanol–water partition coefficient (Wildman–Crippen LogP) is 2.64. The maximum absolute atomic E-state index is 12.7.